The first-order valence-corrected chi connectivity index (χ1v) is 31.7. The SMILES string of the molecule is COC[C@H]1O[C@@H](O[C@H]2OC[C@@H]3O[C@]4(O[C@H]3[C@H]2OC(=O)C(C)C)O[C@H](C)[C@@](O)(C(C)=O)[C@@H]2OCO[C@H]24)[C@@H](O)[C@@H](O)[C@@H]1O[C@@H]1O[C@H](C)[C@H](OC)[C@H](O[C@H]2C[C@@]3(C)OC4(C[C@@H](O)[C@H](O[C@H]5C[C@@H](O)[C@H](OC(=O)c6c(C)c(Cl)c(O)c(Cl)c6O)[C@@H](C)O5)[C@@H](C)O4)O[C@@H]3[C@@H](C)O2)[C@H]1O. The summed E-state index contributed by atoms with van der Waals surface area (Å²) < 4.78 is 129. The Labute approximate surface area is 544 Å². The van der Waals surface area contributed by atoms with Gasteiger partial charge < -0.3 is 140 Å². The number of ketones is 1. The predicted octanol–water partition coefficient (Wildman–Crippen LogP) is 0.0949. The van der Waals surface area contributed by atoms with Gasteiger partial charge in [0.05, 0.1) is 73.3 Å². The van der Waals surface area contributed by atoms with Crippen LogP contribution in [0.25, 0.3) is 0 Å². The minimum Gasteiger partial charge on any atom is -0.505 e. The number of Topliss-reactive ketones (excluding diaryl/α,β-unsaturated/α-hetero) is 1. The van der Waals surface area contributed by atoms with Crippen molar-refractivity contribution in [3.8, 4) is 11.5 Å². The Morgan fingerprint density at radius 2 is 1.32 bits per heavy atom. The number of aromatic hydroxyl groups is 2. The van der Waals surface area contributed by atoms with E-state index >= 15 is 0 Å². The number of benzene rings is 1. The molecule has 10 aliphatic heterocycles. The molecule has 0 bridgehead atoms. The molecular formula is C59H84Cl2O32. The van der Waals surface area contributed by atoms with Crippen LogP contribution in [0.4, 0.5) is 0 Å². The number of methoxy groups -OCH3 is 2. The summed E-state index contributed by atoms with van der Waals surface area (Å²) >= 11 is 12.1. The van der Waals surface area contributed by atoms with Crippen LogP contribution < -0.4 is 0 Å². The summed E-state index contributed by atoms with van der Waals surface area (Å²) in [6.07, 6.45) is -34.9. The first-order valence-electron chi connectivity index (χ1n) is 30.9. The molecule has 10 fully saturated rings. The number of fused-ring (bicyclic) bond motifs is 4. The van der Waals surface area contributed by atoms with Crippen LogP contribution in [0.1, 0.15) is 97.5 Å². The molecule has 10 aliphatic rings. The Kier molecular flexibility index (Phi) is 20.9. The largest absolute Gasteiger partial charge is 0.505 e. The van der Waals surface area contributed by atoms with E-state index in [1.165, 1.54) is 41.9 Å². The van der Waals surface area contributed by atoms with Crippen LogP contribution in [0, 0.1) is 12.8 Å². The third-order valence-electron chi connectivity index (χ3n) is 19.0. The number of ether oxygens (including phenoxy) is 21. The van der Waals surface area contributed by atoms with Crippen LogP contribution in [0.5, 0.6) is 11.5 Å². The molecule has 0 radical (unpaired) electrons. The minimum absolute atomic E-state index is 0.0100. The van der Waals surface area contributed by atoms with E-state index in [0.29, 0.717) is 0 Å². The summed E-state index contributed by atoms with van der Waals surface area (Å²) in [5.41, 5.74) is -3.78. The van der Waals surface area contributed by atoms with Crippen molar-refractivity contribution >= 4 is 40.9 Å². The molecule has 8 N–H and O–H groups in total. The van der Waals surface area contributed by atoms with Gasteiger partial charge >= 0.3 is 17.9 Å². The fraction of sp³-hybridized carbons (Fsp3) is 0.847. The number of aliphatic hydroxyl groups is 6. The van der Waals surface area contributed by atoms with Gasteiger partial charge in [-0.25, -0.2) is 4.79 Å². The van der Waals surface area contributed by atoms with Gasteiger partial charge in [0.2, 0.25) is 6.29 Å². The molecule has 1 aromatic rings. The molecule has 10 heterocycles. The molecule has 10 saturated heterocycles. The summed E-state index contributed by atoms with van der Waals surface area (Å²) in [6.45, 7) is 14.5. The third kappa shape index (κ3) is 13.0. The number of halogens is 2. The van der Waals surface area contributed by atoms with Gasteiger partial charge in [-0.3, -0.25) is 9.59 Å². The van der Waals surface area contributed by atoms with E-state index in [4.69, 9.17) is 123 Å². The molecule has 1 unspecified atom stereocenters. The lowest BCUT2D eigenvalue weighted by Gasteiger charge is -2.49. The number of phenolic OH excluding ortho intramolecular Hbond substituents is 2. The Balaban J connectivity index is 0.715. The second-order valence-electron chi connectivity index (χ2n) is 25.8. The lowest BCUT2D eigenvalue weighted by atomic mass is 9.81. The molecule has 31 atom stereocenters. The molecule has 93 heavy (non-hydrogen) atoms. The Morgan fingerprint density at radius 3 is 1.99 bits per heavy atom. The van der Waals surface area contributed by atoms with Crippen molar-refractivity contribution in [3.63, 3.8) is 0 Å². The highest BCUT2D eigenvalue weighted by Crippen LogP contribution is 2.53. The van der Waals surface area contributed by atoms with E-state index in [0.717, 1.165) is 0 Å². The van der Waals surface area contributed by atoms with Crippen LogP contribution in [0.2, 0.25) is 10.0 Å². The van der Waals surface area contributed by atoms with Gasteiger partial charge in [0.15, 0.2) is 66.4 Å². The van der Waals surface area contributed by atoms with Crippen molar-refractivity contribution in [1.29, 1.82) is 0 Å². The minimum atomic E-state index is -2.14. The topological polar surface area (TPSA) is 407 Å². The number of hydrogen-bond acceptors (Lipinski definition) is 32. The fourth-order valence-corrected chi connectivity index (χ4v) is 14.6. The van der Waals surface area contributed by atoms with Crippen LogP contribution in [-0.2, 0) is 109 Å². The Hall–Kier alpha value is -2.99. The van der Waals surface area contributed by atoms with Gasteiger partial charge in [0.1, 0.15) is 96.2 Å². The number of rotatable bonds is 16. The lowest BCUT2D eigenvalue weighted by molar-refractivity contribution is -0.428. The van der Waals surface area contributed by atoms with Gasteiger partial charge in [0.25, 0.3) is 5.97 Å². The quantitative estimate of drug-likeness (QED) is 0.102. The zero-order chi connectivity index (χ0) is 67.5. The molecule has 1 aromatic carbocycles. The van der Waals surface area contributed by atoms with Crippen LogP contribution >= 0.6 is 23.2 Å². The third-order valence-corrected chi connectivity index (χ3v) is 19.8. The average molecular weight is 1380 g/mol. The van der Waals surface area contributed by atoms with Crippen molar-refractivity contribution in [3.05, 3.63) is 21.2 Å². The molecule has 11 rings (SSSR count). The first-order chi connectivity index (χ1) is 43.8. The van der Waals surface area contributed by atoms with E-state index in [9.17, 15) is 55.2 Å². The second kappa shape index (κ2) is 27.3. The number of aliphatic hydroxyl groups excluding tert-OH is 5. The molecule has 0 saturated carbocycles. The maximum atomic E-state index is 13.4. The van der Waals surface area contributed by atoms with Gasteiger partial charge in [-0.1, -0.05) is 37.0 Å². The van der Waals surface area contributed by atoms with Crippen molar-refractivity contribution in [2.24, 2.45) is 5.92 Å². The highest BCUT2D eigenvalue weighted by Gasteiger charge is 2.73. The summed E-state index contributed by atoms with van der Waals surface area (Å²) in [4.78, 5) is 39.5. The van der Waals surface area contributed by atoms with Gasteiger partial charge in [-0.05, 0) is 61.0 Å². The molecular weight excluding hydrogens is 1290 g/mol. The van der Waals surface area contributed by atoms with Crippen molar-refractivity contribution in [2.75, 3.05) is 34.2 Å². The van der Waals surface area contributed by atoms with Crippen molar-refractivity contribution < 1.29 is 155 Å². The molecule has 0 aliphatic carbocycles. The Morgan fingerprint density at radius 1 is 0.645 bits per heavy atom. The summed E-state index contributed by atoms with van der Waals surface area (Å²) in [5.74, 6) is -8.42. The van der Waals surface area contributed by atoms with Crippen LogP contribution in [0.15, 0.2) is 0 Å². The van der Waals surface area contributed by atoms with E-state index in [-0.39, 0.29) is 49.9 Å². The van der Waals surface area contributed by atoms with Crippen molar-refractivity contribution in [2.45, 2.75) is 277 Å². The monoisotopic (exact) mass is 1370 g/mol. The maximum Gasteiger partial charge on any atom is 0.342 e. The predicted molar refractivity (Wildman–Crippen MR) is 303 cm³/mol. The van der Waals surface area contributed by atoms with Gasteiger partial charge in [0, 0.05) is 27.1 Å². The first kappa shape index (κ1) is 71.3. The number of carbonyl (C=O) groups is 3. The maximum absolute atomic E-state index is 13.4. The van der Waals surface area contributed by atoms with Crippen LogP contribution in [-0.4, -0.2) is 282 Å². The molecule has 2 spiro atoms. The highest BCUT2D eigenvalue weighted by atomic mass is 35.5. The van der Waals surface area contributed by atoms with E-state index in [2.05, 4.69) is 0 Å². The van der Waals surface area contributed by atoms with Gasteiger partial charge in [-0.15, -0.1) is 0 Å². The van der Waals surface area contributed by atoms with Gasteiger partial charge in [-0.2, -0.15) is 0 Å². The zero-order valence-electron chi connectivity index (χ0n) is 53.0. The average Bonchev–Trinajstić information content (AvgIpc) is 1.59. The molecule has 0 aromatic heterocycles. The zero-order valence-corrected chi connectivity index (χ0v) is 54.6. The standard InChI is InChI=1S/C59H84Cl2O32/c1-19(2)51(70)85-47-45-30(90-59(91-45)50-49(76-18-77-50)58(72,25(8)62)26(9)89-59)17-75-55(47)87-53-39(68)38(67)44(29(81-53)16-73-11)86-54-40(69)46(43(74-12)22(5)80-54)83-32-15-56(10)48(24(7)79-32)92-57(93-56)14-28(64)42(23(6)88-57)82-31-13-27(63)41(21(4)78-31)84-52(71)33-20(3)34(60)37(66)35(61)36(33)65/h19,21-24,26-32,38-50,53-55,63-69,72H,13-18H2,1-12H3/t21-,22-,23-,24-,26-,27-,28-,29-,30+,31+,32+,38-,39+,40-,41-,42-,43+,44-,45-,46-,47-,48-,49-,50-,53+,54+,55-,56-,57?,58+,59-/m1/s1. The second-order valence-corrected chi connectivity index (χ2v) is 26.6. The smallest absolute Gasteiger partial charge is 0.342 e. The van der Waals surface area contributed by atoms with E-state index < -0.39 is 235 Å². The fourth-order valence-electron chi connectivity index (χ4n) is 14.1. The number of carbonyl (C=O) groups excluding carboxylic acids is 3. The normalized spacial score (nSPS) is 48.1. The summed E-state index contributed by atoms with van der Waals surface area (Å²) in [5, 5.41) is 90.3. The lowest BCUT2D eigenvalue weighted by Crippen LogP contribution is -2.72. The number of hydrogen-bond donors (Lipinski definition) is 8. The van der Waals surface area contributed by atoms with Crippen LogP contribution in [0.3, 0.4) is 0 Å². The van der Waals surface area contributed by atoms with E-state index in [1.807, 2.05) is 0 Å². The number of esters is 2. The van der Waals surface area contributed by atoms with E-state index in [1.54, 1.807) is 41.5 Å². The molecule has 34 heteroatoms. The summed E-state index contributed by atoms with van der Waals surface area (Å²) in [7, 11) is 2.74. The van der Waals surface area contributed by atoms with Crippen molar-refractivity contribution in [1.82, 2.24) is 0 Å². The number of phenols is 2. The summed E-state index contributed by atoms with van der Waals surface area (Å²) in [6, 6.07) is 0. The highest BCUT2D eigenvalue weighted by molar-refractivity contribution is 6.39. The molecule has 0 amide bonds. The Bertz CT molecular complexity index is 2820. The molecule has 526 valence electrons. The molecule has 32 nitrogen and oxygen atoms in total.